The fourth-order valence-corrected chi connectivity index (χ4v) is 1.73. The lowest BCUT2D eigenvalue weighted by atomic mass is 9.87. The third-order valence-electron chi connectivity index (χ3n) is 3.01. The molecule has 0 bridgehead atoms. The van der Waals surface area contributed by atoms with E-state index < -0.39 is 6.09 Å². The molecule has 2 amide bonds. The van der Waals surface area contributed by atoms with Crippen molar-refractivity contribution in [2.75, 3.05) is 13.2 Å². The Morgan fingerprint density at radius 2 is 1.89 bits per heavy atom. The van der Waals surface area contributed by atoms with Crippen LogP contribution in [0, 0.1) is 5.41 Å². The minimum Gasteiger partial charge on any atom is -0.450 e. The maximum atomic E-state index is 11.5. The topological polar surface area (TPSA) is 81.4 Å². The van der Waals surface area contributed by atoms with E-state index in [9.17, 15) is 9.59 Å². The van der Waals surface area contributed by atoms with Crippen molar-refractivity contribution in [2.24, 2.45) is 11.1 Å². The van der Waals surface area contributed by atoms with Crippen molar-refractivity contribution in [2.45, 2.75) is 59.3 Å². The van der Waals surface area contributed by atoms with Crippen LogP contribution in [0.2, 0.25) is 0 Å². The van der Waals surface area contributed by atoms with Gasteiger partial charge in [0.25, 0.3) is 0 Å². The Hall–Kier alpha value is -1.26. The van der Waals surface area contributed by atoms with Gasteiger partial charge >= 0.3 is 6.09 Å². The fraction of sp³-hybridized carbons (Fsp3) is 0.857. The SMILES string of the molecule is CCCCC(=O)NCC(C)(C)CCCCOC(N)=O. The van der Waals surface area contributed by atoms with Crippen LogP contribution in [0.3, 0.4) is 0 Å². The van der Waals surface area contributed by atoms with Gasteiger partial charge in [-0.05, 0) is 31.1 Å². The van der Waals surface area contributed by atoms with Gasteiger partial charge in [0.1, 0.15) is 0 Å². The predicted octanol–water partition coefficient (Wildman–Crippen LogP) is 2.58. The highest BCUT2D eigenvalue weighted by molar-refractivity contribution is 5.75. The summed E-state index contributed by atoms with van der Waals surface area (Å²) < 4.78 is 4.67. The zero-order valence-corrected chi connectivity index (χ0v) is 12.5. The van der Waals surface area contributed by atoms with E-state index in [0.29, 0.717) is 19.6 Å². The zero-order chi connectivity index (χ0) is 14.7. The molecule has 5 nitrogen and oxygen atoms in total. The van der Waals surface area contributed by atoms with E-state index in [2.05, 4.69) is 30.8 Å². The summed E-state index contributed by atoms with van der Waals surface area (Å²) in [7, 11) is 0. The highest BCUT2D eigenvalue weighted by Crippen LogP contribution is 2.22. The van der Waals surface area contributed by atoms with E-state index in [4.69, 9.17) is 5.73 Å². The molecule has 0 radical (unpaired) electrons. The summed E-state index contributed by atoms with van der Waals surface area (Å²) in [5.41, 5.74) is 4.94. The number of nitrogens with two attached hydrogens (primary N) is 1. The third-order valence-corrected chi connectivity index (χ3v) is 3.01. The van der Waals surface area contributed by atoms with Crippen LogP contribution in [0.25, 0.3) is 0 Å². The van der Waals surface area contributed by atoms with Crippen molar-refractivity contribution in [3.8, 4) is 0 Å². The van der Waals surface area contributed by atoms with Gasteiger partial charge in [-0.25, -0.2) is 4.79 Å². The first-order chi connectivity index (χ1) is 8.87. The van der Waals surface area contributed by atoms with Crippen molar-refractivity contribution in [3.63, 3.8) is 0 Å². The van der Waals surface area contributed by atoms with E-state index in [1.54, 1.807) is 0 Å². The lowest BCUT2D eigenvalue weighted by molar-refractivity contribution is -0.121. The van der Waals surface area contributed by atoms with Crippen LogP contribution in [0.15, 0.2) is 0 Å². The van der Waals surface area contributed by atoms with Gasteiger partial charge in [0.2, 0.25) is 5.91 Å². The number of carbonyl (C=O) groups excluding carboxylic acids is 2. The predicted molar refractivity (Wildman–Crippen MR) is 75.7 cm³/mol. The molecule has 0 unspecified atom stereocenters. The summed E-state index contributed by atoms with van der Waals surface area (Å²) in [6.45, 7) is 7.38. The molecule has 5 heteroatoms. The lowest BCUT2D eigenvalue weighted by Gasteiger charge is -2.25. The number of nitrogens with one attached hydrogen (secondary N) is 1. The highest BCUT2D eigenvalue weighted by Gasteiger charge is 2.18. The number of carbonyl (C=O) groups is 2. The fourth-order valence-electron chi connectivity index (χ4n) is 1.73. The molecule has 0 saturated carbocycles. The first-order valence-electron chi connectivity index (χ1n) is 7.06. The van der Waals surface area contributed by atoms with E-state index in [0.717, 1.165) is 32.1 Å². The van der Waals surface area contributed by atoms with Gasteiger partial charge in [-0.2, -0.15) is 0 Å². The number of hydrogen-bond acceptors (Lipinski definition) is 3. The van der Waals surface area contributed by atoms with Crippen LogP contribution in [0.1, 0.15) is 59.3 Å². The maximum Gasteiger partial charge on any atom is 0.404 e. The monoisotopic (exact) mass is 272 g/mol. The van der Waals surface area contributed by atoms with Crippen LogP contribution >= 0.6 is 0 Å². The number of unbranched alkanes of at least 4 members (excludes halogenated alkanes) is 2. The van der Waals surface area contributed by atoms with E-state index in [1.165, 1.54) is 0 Å². The van der Waals surface area contributed by atoms with Gasteiger partial charge in [0.05, 0.1) is 6.61 Å². The maximum absolute atomic E-state index is 11.5. The van der Waals surface area contributed by atoms with Crippen molar-refractivity contribution < 1.29 is 14.3 Å². The molecule has 0 fully saturated rings. The molecule has 0 aromatic heterocycles. The molecule has 0 rings (SSSR count). The minimum atomic E-state index is -0.720. The van der Waals surface area contributed by atoms with Gasteiger partial charge in [-0.1, -0.05) is 27.2 Å². The summed E-state index contributed by atoms with van der Waals surface area (Å²) in [6.07, 6.45) is 4.60. The Morgan fingerprint density at radius 3 is 2.47 bits per heavy atom. The molecule has 0 aromatic carbocycles. The lowest BCUT2D eigenvalue weighted by Crippen LogP contribution is -2.33. The molecule has 0 spiro atoms. The van der Waals surface area contributed by atoms with E-state index in [1.807, 2.05) is 0 Å². The molecule has 0 saturated heterocycles. The molecule has 112 valence electrons. The summed E-state index contributed by atoms with van der Waals surface area (Å²) in [5, 5.41) is 2.97. The van der Waals surface area contributed by atoms with Gasteiger partial charge in [0, 0.05) is 13.0 Å². The first-order valence-corrected chi connectivity index (χ1v) is 7.06. The van der Waals surface area contributed by atoms with Crippen molar-refractivity contribution >= 4 is 12.0 Å². The van der Waals surface area contributed by atoms with Crippen LogP contribution in [-0.4, -0.2) is 25.2 Å². The molecular weight excluding hydrogens is 244 g/mol. The second kappa shape index (κ2) is 9.64. The Labute approximate surface area is 116 Å². The summed E-state index contributed by atoms with van der Waals surface area (Å²) >= 11 is 0. The summed E-state index contributed by atoms with van der Waals surface area (Å²) in [5.74, 6) is 0.131. The molecule has 0 aliphatic heterocycles. The molecule has 0 atom stereocenters. The standard InChI is InChI=1S/C14H28N2O3/c1-4-5-8-12(17)16-11-14(2,3)9-6-7-10-19-13(15)18/h4-11H2,1-3H3,(H2,15,18)(H,16,17). The van der Waals surface area contributed by atoms with E-state index in [-0.39, 0.29) is 11.3 Å². The third kappa shape index (κ3) is 11.6. The largest absolute Gasteiger partial charge is 0.450 e. The second-order valence-corrected chi connectivity index (χ2v) is 5.67. The van der Waals surface area contributed by atoms with E-state index >= 15 is 0 Å². The Morgan fingerprint density at radius 1 is 1.21 bits per heavy atom. The number of amides is 2. The van der Waals surface area contributed by atoms with Crippen molar-refractivity contribution in [1.82, 2.24) is 5.32 Å². The Kier molecular flexibility index (Phi) is 9.00. The zero-order valence-electron chi connectivity index (χ0n) is 12.5. The van der Waals surface area contributed by atoms with Crippen LogP contribution < -0.4 is 11.1 Å². The van der Waals surface area contributed by atoms with Crippen LogP contribution in [0.4, 0.5) is 4.79 Å². The smallest absolute Gasteiger partial charge is 0.404 e. The molecule has 3 N–H and O–H groups in total. The second-order valence-electron chi connectivity index (χ2n) is 5.67. The minimum absolute atomic E-state index is 0.0641. The molecule has 0 aromatic rings. The Bertz CT molecular complexity index is 278. The average molecular weight is 272 g/mol. The normalized spacial score (nSPS) is 11.1. The number of ether oxygens (including phenoxy) is 1. The number of primary amides is 1. The average Bonchev–Trinajstić information content (AvgIpc) is 2.33. The molecule has 0 aliphatic rings. The Balaban J connectivity index is 3.67. The summed E-state index contributed by atoms with van der Waals surface area (Å²) in [4.78, 5) is 21.9. The highest BCUT2D eigenvalue weighted by atomic mass is 16.5. The molecule has 0 heterocycles. The number of hydrogen-bond donors (Lipinski definition) is 2. The molecular formula is C14H28N2O3. The van der Waals surface area contributed by atoms with Crippen LogP contribution in [0.5, 0.6) is 0 Å². The quantitative estimate of drug-likeness (QED) is 0.600. The number of rotatable bonds is 10. The van der Waals surface area contributed by atoms with Gasteiger partial charge in [0.15, 0.2) is 0 Å². The van der Waals surface area contributed by atoms with Crippen LogP contribution in [-0.2, 0) is 9.53 Å². The molecule has 19 heavy (non-hydrogen) atoms. The summed E-state index contributed by atoms with van der Waals surface area (Å²) in [6, 6.07) is 0. The van der Waals surface area contributed by atoms with Gasteiger partial charge < -0.3 is 15.8 Å². The first kappa shape index (κ1) is 17.7. The van der Waals surface area contributed by atoms with Crippen molar-refractivity contribution in [1.29, 1.82) is 0 Å². The van der Waals surface area contributed by atoms with Crippen molar-refractivity contribution in [3.05, 3.63) is 0 Å². The molecule has 0 aliphatic carbocycles. The van der Waals surface area contributed by atoms with Gasteiger partial charge in [-0.15, -0.1) is 0 Å². The van der Waals surface area contributed by atoms with Gasteiger partial charge in [-0.3, -0.25) is 4.79 Å².